The van der Waals surface area contributed by atoms with E-state index >= 15 is 0 Å². The molecule has 132 valence electrons. The van der Waals surface area contributed by atoms with Crippen LogP contribution in [0.2, 0.25) is 0 Å². The molecule has 0 aliphatic heterocycles. The van der Waals surface area contributed by atoms with E-state index in [-0.39, 0.29) is 5.84 Å². The van der Waals surface area contributed by atoms with Crippen LogP contribution in [-0.4, -0.2) is 25.0 Å². The minimum absolute atomic E-state index is 0.207. The van der Waals surface area contributed by atoms with Gasteiger partial charge in [0.15, 0.2) is 11.5 Å². The molecule has 1 amide bonds. The standard InChI is InChI=1S/C20H24N2O3/c1-5-24-17-11-10-15(12-18(17)25-6-2)20(23)22-19(21)16-9-7-8-13(3)14(16)4/h7-12H,5-6H2,1-4H3,(H2,21,22,23). The SMILES string of the molecule is CCOc1ccc(C(=O)N=C(N)c2cccc(C)c2C)cc1OCC. The fraction of sp³-hybridized carbons (Fsp3) is 0.300. The molecule has 0 radical (unpaired) electrons. The average molecular weight is 340 g/mol. The van der Waals surface area contributed by atoms with Crippen molar-refractivity contribution in [2.75, 3.05) is 13.2 Å². The summed E-state index contributed by atoms with van der Waals surface area (Å²) < 4.78 is 11.1. The van der Waals surface area contributed by atoms with Gasteiger partial charge in [0.2, 0.25) is 0 Å². The van der Waals surface area contributed by atoms with Crippen molar-refractivity contribution in [1.29, 1.82) is 0 Å². The van der Waals surface area contributed by atoms with Crippen LogP contribution in [-0.2, 0) is 0 Å². The third-order valence-corrected chi connectivity index (χ3v) is 3.89. The van der Waals surface area contributed by atoms with E-state index in [2.05, 4.69) is 4.99 Å². The Labute approximate surface area is 148 Å². The summed E-state index contributed by atoms with van der Waals surface area (Å²) >= 11 is 0. The molecular weight excluding hydrogens is 316 g/mol. The highest BCUT2D eigenvalue weighted by molar-refractivity contribution is 6.09. The highest BCUT2D eigenvalue weighted by Crippen LogP contribution is 2.29. The Balaban J connectivity index is 2.33. The minimum atomic E-state index is -0.414. The number of amidine groups is 1. The third kappa shape index (κ3) is 4.38. The lowest BCUT2D eigenvalue weighted by Crippen LogP contribution is -2.17. The van der Waals surface area contributed by atoms with E-state index < -0.39 is 5.91 Å². The summed E-state index contributed by atoms with van der Waals surface area (Å²) in [5.74, 6) is 0.920. The molecular formula is C20H24N2O3. The first-order chi connectivity index (χ1) is 12.0. The van der Waals surface area contributed by atoms with Crippen LogP contribution in [0.3, 0.4) is 0 Å². The Morgan fingerprint density at radius 3 is 2.40 bits per heavy atom. The molecule has 2 aromatic carbocycles. The zero-order chi connectivity index (χ0) is 18.4. The summed E-state index contributed by atoms with van der Waals surface area (Å²) in [7, 11) is 0. The highest BCUT2D eigenvalue weighted by Gasteiger charge is 2.13. The van der Waals surface area contributed by atoms with Crippen molar-refractivity contribution >= 4 is 11.7 Å². The Morgan fingerprint density at radius 2 is 1.72 bits per heavy atom. The van der Waals surface area contributed by atoms with E-state index in [0.29, 0.717) is 30.3 Å². The summed E-state index contributed by atoms with van der Waals surface area (Å²) in [6, 6.07) is 10.8. The lowest BCUT2D eigenvalue weighted by atomic mass is 10.0. The Morgan fingerprint density at radius 1 is 1.04 bits per heavy atom. The van der Waals surface area contributed by atoms with Crippen LogP contribution >= 0.6 is 0 Å². The lowest BCUT2D eigenvalue weighted by molar-refractivity contribution is 0.100. The first kappa shape index (κ1) is 18.5. The summed E-state index contributed by atoms with van der Waals surface area (Å²) in [4.78, 5) is 16.5. The molecule has 5 nitrogen and oxygen atoms in total. The number of carbonyl (C=O) groups excluding carboxylic acids is 1. The normalized spacial score (nSPS) is 11.3. The number of benzene rings is 2. The van der Waals surface area contributed by atoms with Gasteiger partial charge >= 0.3 is 0 Å². The van der Waals surface area contributed by atoms with Crippen molar-refractivity contribution < 1.29 is 14.3 Å². The number of hydrogen-bond acceptors (Lipinski definition) is 3. The van der Waals surface area contributed by atoms with Crippen LogP contribution in [0.15, 0.2) is 41.4 Å². The first-order valence-electron chi connectivity index (χ1n) is 8.32. The van der Waals surface area contributed by atoms with E-state index in [1.165, 1.54) is 0 Å². The summed E-state index contributed by atoms with van der Waals surface area (Å²) in [6.07, 6.45) is 0. The summed E-state index contributed by atoms with van der Waals surface area (Å²) in [5, 5.41) is 0. The molecule has 2 rings (SSSR count). The zero-order valence-electron chi connectivity index (χ0n) is 15.1. The molecule has 2 aromatic rings. The maximum atomic E-state index is 12.5. The number of carbonyl (C=O) groups is 1. The molecule has 0 atom stereocenters. The Bertz CT molecular complexity index is 798. The van der Waals surface area contributed by atoms with Crippen LogP contribution in [0.25, 0.3) is 0 Å². The zero-order valence-corrected chi connectivity index (χ0v) is 15.1. The van der Waals surface area contributed by atoms with Crippen molar-refractivity contribution in [2.24, 2.45) is 10.7 Å². The molecule has 0 spiro atoms. The molecule has 0 saturated heterocycles. The van der Waals surface area contributed by atoms with Gasteiger partial charge in [-0.1, -0.05) is 18.2 Å². The Kier molecular flexibility index (Phi) is 6.17. The molecule has 0 fully saturated rings. The second-order valence-electron chi connectivity index (χ2n) is 5.58. The Hall–Kier alpha value is -2.82. The van der Waals surface area contributed by atoms with Crippen LogP contribution < -0.4 is 15.2 Å². The van der Waals surface area contributed by atoms with Crippen molar-refractivity contribution in [3.8, 4) is 11.5 Å². The van der Waals surface area contributed by atoms with Crippen molar-refractivity contribution in [3.05, 3.63) is 58.7 Å². The predicted molar refractivity (Wildman–Crippen MR) is 99.8 cm³/mol. The van der Waals surface area contributed by atoms with Gasteiger partial charge in [-0.05, 0) is 57.0 Å². The monoisotopic (exact) mass is 340 g/mol. The van der Waals surface area contributed by atoms with Gasteiger partial charge in [0.05, 0.1) is 13.2 Å². The van der Waals surface area contributed by atoms with E-state index in [1.807, 2.05) is 45.9 Å². The number of rotatable bonds is 6. The fourth-order valence-corrected chi connectivity index (χ4v) is 2.45. The molecule has 25 heavy (non-hydrogen) atoms. The molecule has 0 aliphatic rings. The minimum Gasteiger partial charge on any atom is -0.490 e. The van der Waals surface area contributed by atoms with Gasteiger partial charge in [-0.3, -0.25) is 4.79 Å². The number of nitrogens with zero attached hydrogens (tertiary/aromatic N) is 1. The van der Waals surface area contributed by atoms with Crippen LogP contribution in [0.1, 0.15) is 40.9 Å². The number of amides is 1. The van der Waals surface area contributed by atoms with E-state index in [1.54, 1.807) is 18.2 Å². The van der Waals surface area contributed by atoms with Crippen LogP contribution in [0, 0.1) is 13.8 Å². The quantitative estimate of drug-likeness (QED) is 0.643. The fourth-order valence-electron chi connectivity index (χ4n) is 2.45. The average Bonchev–Trinajstić information content (AvgIpc) is 2.59. The molecule has 0 aromatic heterocycles. The molecule has 2 N–H and O–H groups in total. The highest BCUT2D eigenvalue weighted by atomic mass is 16.5. The summed E-state index contributed by atoms with van der Waals surface area (Å²) in [6.45, 7) is 8.72. The molecule has 0 bridgehead atoms. The lowest BCUT2D eigenvalue weighted by Gasteiger charge is -2.11. The second kappa shape index (κ2) is 8.33. The van der Waals surface area contributed by atoms with Crippen LogP contribution in [0.5, 0.6) is 11.5 Å². The van der Waals surface area contributed by atoms with Crippen LogP contribution in [0.4, 0.5) is 0 Å². The number of nitrogens with two attached hydrogens (primary N) is 1. The molecule has 0 saturated carbocycles. The number of aliphatic imine (C=N–C) groups is 1. The largest absolute Gasteiger partial charge is 0.490 e. The van der Waals surface area contributed by atoms with Gasteiger partial charge in [0.1, 0.15) is 5.84 Å². The van der Waals surface area contributed by atoms with Gasteiger partial charge in [0.25, 0.3) is 5.91 Å². The first-order valence-corrected chi connectivity index (χ1v) is 8.32. The van der Waals surface area contributed by atoms with Gasteiger partial charge in [-0.15, -0.1) is 0 Å². The smallest absolute Gasteiger partial charge is 0.279 e. The number of ether oxygens (including phenoxy) is 2. The molecule has 0 heterocycles. The predicted octanol–water partition coefficient (Wildman–Crippen LogP) is 3.65. The second-order valence-corrected chi connectivity index (χ2v) is 5.58. The van der Waals surface area contributed by atoms with Gasteiger partial charge in [-0.25, -0.2) is 0 Å². The van der Waals surface area contributed by atoms with Crippen molar-refractivity contribution in [2.45, 2.75) is 27.7 Å². The van der Waals surface area contributed by atoms with Gasteiger partial charge in [-0.2, -0.15) is 4.99 Å². The van der Waals surface area contributed by atoms with E-state index in [0.717, 1.165) is 16.7 Å². The number of hydrogen-bond donors (Lipinski definition) is 1. The maximum absolute atomic E-state index is 12.5. The molecule has 0 unspecified atom stereocenters. The van der Waals surface area contributed by atoms with Crippen molar-refractivity contribution in [1.82, 2.24) is 0 Å². The summed E-state index contributed by atoms with van der Waals surface area (Å²) in [5.41, 5.74) is 9.33. The van der Waals surface area contributed by atoms with E-state index in [9.17, 15) is 4.79 Å². The van der Waals surface area contributed by atoms with E-state index in [4.69, 9.17) is 15.2 Å². The van der Waals surface area contributed by atoms with Gasteiger partial charge in [0, 0.05) is 11.1 Å². The third-order valence-electron chi connectivity index (χ3n) is 3.89. The van der Waals surface area contributed by atoms with Crippen molar-refractivity contribution in [3.63, 3.8) is 0 Å². The molecule has 5 heteroatoms. The molecule has 0 aliphatic carbocycles. The number of aryl methyl sites for hydroxylation is 1. The maximum Gasteiger partial charge on any atom is 0.279 e. The van der Waals surface area contributed by atoms with Gasteiger partial charge < -0.3 is 15.2 Å². The topological polar surface area (TPSA) is 73.9 Å².